The number of hydrogen-bond acceptors (Lipinski definition) is 4. The standard InChI is InChI=1S/C19H17ClFN3O4/c20-13-7-11(8-14(21)9-13)10-23-17(26)19(28)5-6-24(18(19)27)15-3-1-12(2-4-15)16(22)25/h1-4,7-9,28H,5-6,10H2,(H2,22,25)(H,23,26). The molecule has 1 unspecified atom stereocenters. The number of nitrogens with zero attached hydrogens (tertiary/aromatic N) is 1. The van der Waals surface area contributed by atoms with Crippen LogP contribution in [-0.4, -0.2) is 35.0 Å². The highest BCUT2D eigenvalue weighted by Gasteiger charge is 2.51. The van der Waals surface area contributed by atoms with Gasteiger partial charge in [-0.2, -0.15) is 0 Å². The van der Waals surface area contributed by atoms with Gasteiger partial charge in [0.15, 0.2) is 0 Å². The monoisotopic (exact) mass is 405 g/mol. The third kappa shape index (κ3) is 3.83. The Morgan fingerprint density at radius 3 is 2.54 bits per heavy atom. The van der Waals surface area contributed by atoms with Crippen LogP contribution in [0.3, 0.4) is 0 Å². The third-order valence-corrected chi connectivity index (χ3v) is 4.73. The van der Waals surface area contributed by atoms with Gasteiger partial charge in [-0.1, -0.05) is 11.6 Å². The smallest absolute Gasteiger partial charge is 0.268 e. The maximum Gasteiger partial charge on any atom is 0.268 e. The molecule has 0 spiro atoms. The van der Waals surface area contributed by atoms with Crippen molar-refractivity contribution < 1.29 is 23.9 Å². The first kappa shape index (κ1) is 19.8. The van der Waals surface area contributed by atoms with E-state index in [9.17, 15) is 23.9 Å². The normalized spacial score (nSPS) is 19.0. The molecule has 3 amide bonds. The van der Waals surface area contributed by atoms with E-state index in [0.29, 0.717) is 11.3 Å². The molecule has 0 radical (unpaired) electrons. The van der Waals surface area contributed by atoms with E-state index in [-0.39, 0.29) is 30.1 Å². The van der Waals surface area contributed by atoms with Crippen molar-refractivity contribution in [3.8, 4) is 0 Å². The van der Waals surface area contributed by atoms with Gasteiger partial charge >= 0.3 is 0 Å². The average Bonchev–Trinajstić information content (AvgIpc) is 2.95. The third-order valence-electron chi connectivity index (χ3n) is 4.51. The molecule has 1 atom stereocenters. The van der Waals surface area contributed by atoms with Gasteiger partial charge in [-0.15, -0.1) is 0 Å². The average molecular weight is 406 g/mol. The first-order valence-electron chi connectivity index (χ1n) is 8.38. The fourth-order valence-corrected chi connectivity index (χ4v) is 3.25. The van der Waals surface area contributed by atoms with Gasteiger partial charge in [-0.05, 0) is 48.0 Å². The number of halogens is 2. The largest absolute Gasteiger partial charge is 0.372 e. The summed E-state index contributed by atoms with van der Waals surface area (Å²) in [4.78, 5) is 37.5. The lowest BCUT2D eigenvalue weighted by Crippen LogP contribution is -2.52. The van der Waals surface area contributed by atoms with Gasteiger partial charge in [0.1, 0.15) is 5.82 Å². The van der Waals surface area contributed by atoms with E-state index in [1.807, 2.05) is 0 Å². The summed E-state index contributed by atoms with van der Waals surface area (Å²) in [6, 6.07) is 9.72. The van der Waals surface area contributed by atoms with Gasteiger partial charge in [0.25, 0.3) is 11.8 Å². The van der Waals surface area contributed by atoms with E-state index in [4.69, 9.17) is 17.3 Å². The van der Waals surface area contributed by atoms with Gasteiger partial charge in [0, 0.05) is 35.8 Å². The first-order valence-corrected chi connectivity index (χ1v) is 8.76. The van der Waals surface area contributed by atoms with E-state index in [0.717, 1.165) is 6.07 Å². The van der Waals surface area contributed by atoms with Gasteiger partial charge in [-0.3, -0.25) is 14.4 Å². The van der Waals surface area contributed by atoms with Gasteiger partial charge < -0.3 is 21.1 Å². The van der Waals surface area contributed by atoms with Gasteiger partial charge in [0.05, 0.1) is 0 Å². The Bertz CT molecular complexity index is 930. The lowest BCUT2D eigenvalue weighted by atomic mass is 10.0. The SMILES string of the molecule is NC(=O)c1ccc(N2CCC(O)(C(=O)NCc3cc(F)cc(Cl)c3)C2=O)cc1. The topological polar surface area (TPSA) is 113 Å². The number of hydrogen-bond donors (Lipinski definition) is 3. The minimum absolute atomic E-state index is 0.0980. The Kier molecular flexibility index (Phi) is 5.35. The fraction of sp³-hybridized carbons (Fsp3) is 0.211. The van der Waals surface area contributed by atoms with Crippen LogP contribution in [0, 0.1) is 5.82 Å². The second kappa shape index (κ2) is 7.57. The number of benzene rings is 2. The second-order valence-corrected chi connectivity index (χ2v) is 6.87. The van der Waals surface area contributed by atoms with Crippen LogP contribution in [0.2, 0.25) is 5.02 Å². The fourth-order valence-electron chi connectivity index (χ4n) is 3.01. The zero-order valence-electron chi connectivity index (χ0n) is 14.6. The Labute approximate surface area is 164 Å². The molecule has 2 aromatic rings. The molecule has 1 saturated heterocycles. The molecular formula is C19H17ClFN3O4. The van der Waals surface area contributed by atoms with E-state index >= 15 is 0 Å². The number of rotatable bonds is 5. The summed E-state index contributed by atoms with van der Waals surface area (Å²) in [6.45, 7) is 0.0175. The molecule has 0 bridgehead atoms. The number of carbonyl (C=O) groups is 3. The van der Waals surface area contributed by atoms with Crippen LogP contribution in [-0.2, 0) is 16.1 Å². The van der Waals surface area contributed by atoms with Crippen LogP contribution in [0.15, 0.2) is 42.5 Å². The van der Waals surface area contributed by atoms with Crippen molar-refractivity contribution in [1.82, 2.24) is 5.32 Å². The van der Waals surface area contributed by atoms with Crippen LogP contribution >= 0.6 is 11.6 Å². The number of amides is 3. The number of aliphatic hydroxyl groups is 1. The molecule has 0 aliphatic carbocycles. The van der Waals surface area contributed by atoms with Crippen LogP contribution in [0.4, 0.5) is 10.1 Å². The maximum atomic E-state index is 13.4. The zero-order valence-corrected chi connectivity index (χ0v) is 15.4. The molecule has 146 valence electrons. The molecule has 4 N–H and O–H groups in total. The van der Waals surface area contributed by atoms with Crippen molar-refractivity contribution in [2.24, 2.45) is 5.73 Å². The summed E-state index contributed by atoms with van der Waals surface area (Å²) in [5.74, 6) is -2.83. The highest BCUT2D eigenvalue weighted by atomic mass is 35.5. The van der Waals surface area contributed by atoms with Crippen molar-refractivity contribution in [2.75, 3.05) is 11.4 Å². The van der Waals surface area contributed by atoms with Gasteiger partial charge in [0.2, 0.25) is 11.5 Å². The Hall–Kier alpha value is -2.97. The van der Waals surface area contributed by atoms with Crippen LogP contribution in [0.25, 0.3) is 0 Å². The first-order chi connectivity index (χ1) is 13.2. The summed E-state index contributed by atoms with van der Waals surface area (Å²) in [5, 5.41) is 13.2. The molecule has 7 nitrogen and oxygen atoms in total. The molecule has 1 aliphatic rings. The maximum absolute atomic E-state index is 13.4. The van der Waals surface area contributed by atoms with E-state index in [2.05, 4.69) is 5.32 Å². The van der Waals surface area contributed by atoms with Crippen molar-refractivity contribution >= 4 is 35.0 Å². The van der Waals surface area contributed by atoms with Crippen molar-refractivity contribution in [1.29, 1.82) is 0 Å². The quantitative estimate of drug-likeness (QED) is 0.652. The summed E-state index contributed by atoms with van der Waals surface area (Å²) in [7, 11) is 0. The lowest BCUT2D eigenvalue weighted by Gasteiger charge is -2.22. The van der Waals surface area contributed by atoms with E-state index < -0.39 is 29.1 Å². The lowest BCUT2D eigenvalue weighted by molar-refractivity contribution is -0.149. The predicted octanol–water partition coefficient (Wildman–Crippen LogP) is 1.36. The molecule has 1 aliphatic heterocycles. The predicted molar refractivity (Wildman–Crippen MR) is 100 cm³/mol. The van der Waals surface area contributed by atoms with E-state index in [1.54, 1.807) is 0 Å². The highest BCUT2D eigenvalue weighted by molar-refractivity contribution is 6.30. The molecular weight excluding hydrogens is 389 g/mol. The molecule has 9 heteroatoms. The van der Waals surface area contributed by atoms with Crippen LogP contribution < -0.4 is 16.0 Å². The molecule has 0 aromatic heterocycles. The number of anilines is 1. The van der Waals surface area contributed by atoms with E-state index in [1.165, 1.54) is 41.3 Å². The van der Waals surface area contributed by atoms with Crippen molar-refractivity contribution in [2.45, 2.75) is 18.6 Å². The van der Waals surface area contributed by atoms with Crippen LogP contribution in [0.1, 0.15) is 22.3 Å². The summed E-state index contributed by atoms with van der Waals surface area (Å²) in [6.07, 6.45) is -0.112. The number of carbonyl (C=O) groups excluding carboxylic acids is 3. The molecule has 0 saturated carbocycles. The Balaban J connectivity index is 1.70. The molecule has 3 rings (SSSR count). The summed E-state index contributed by atoms with van der Waals surface area (Å²) < 4.78 is 13.4. The summed E-state index contributed by atoms with van der Waals surface area (Å²) in [5.41, 5.74) is 4.04. The second-order valence-electron chi connectivity index (χ2n) is 6.44. The summed E-state index contributed by atoms with van der Waals surface area (Å²) >= 11 is 5.77. The Morgan fingerprint density at radius 2 is 1.93 bits per heavy atom. The van der Waals surface area contributed by atoms with Crippen molar-refractivity contribution in [3.05, 3.63) is 64.4 Å². The van der Waals surface area contributed by atoms with Gasteiger partial charge in [-0.25, -0.2) is 4.39 Å². The van der Waals surface area contributed by atoms with Crippen LogP contribution in [0.5, 0.6) is 0 Å². The molecule has 2 aromatic carbocycles. The minimum atomic E-state index is -2.24. The minimum Gasteiger partial charge on any atom is -0.372 e. The molecule has 1 fully saturated rings. The Morgan fingerprint density at radius 1 is 1.25 bits per heavy atom. The number of nitrogens with one attached hydrogen (secondary N) is 1. The van der Waals surface area contributed by atoms with Crippen molar-refractivity contribution in [3.63, 3.8) is 0 Å². The number of nitrogens with two attached hydrogens (primary N) is 1. The molecule has 28 heavy (non-hydrogen) atoms. The highest BCUT2D eigenvalue weighted by Crippen LogP contribution is 2.29. The number of primary amides is 1. The zero-order chi connectivity index (χ0) is 20.5. The molecule has 1 heterocycles.